The Labute approximate surface area is 113 Å². The standard InChI is InChI=1S/C13H26N2O2S/c1-6-8-11-14-13(4,7-2)12(16)15(11)9-10(3)18(5)17/h10-11,14H,6-9H2,1-5H3. The number of carbonyl (C=O) groups is 1. The molecule has 4 nitrogen and oxygen atoms in total. The predicted molar refractivity (Wildman–Crippen MR) is 75.8 cm³/mol. The fourth-order valence-corrected chi connectivity index (χ4v) is 2.68. The van der Waals surface area contributed by atoms with Gasteiger partial charge < -0.3 is 4.90 Å². The number of nitrogens with one attached hydrogen (secondary N) is 1. The molecule has 1 rings (SSSR count). The Morgan fingerprint density at radius 1 is 1.50 bits per heavy atom. The Balaban J connectivity index is 2.84. The summed E-state index contributed by atoms with van der Waals surface area (Å²) in [5.41, 5.74) is -0.450. The predicted octanol–water partition coefficient (Wildman–Crippen LogP) is 1.48. The fourth-order valence-electron chi connectivity index (χ4n) is 2.31. The monoisotopic (exact) mass is 274 g/mol. The van der Waals surface area contributed by atoms with Crippen molar-refractivity contribution in [1.82, 2.24) is 10.2 Å². The minimum atomic E-state index is -0.889. The van der Waals surface area contributed by atoms with E-state index in [0.29, 0.717) is 6.54 Å². The zero-order valence-corrected chi connectivity index (χ0v) is 13.0. The summed E-state index contributed by atoms with van der Waals surface area (Å²) in [7, 11) is -0.889. The van der Waals surface area contributed by atoms with Gasteiger partial charge in [0.1, 0.15) is 0 Å². The number of hydrogen-bond acceptors (Lipinski definition) is 3. The van der Waals surface area contributed by atoms with Crippen molar-refractivity contribution in [1.29, 1.82) is 0 Å². The summed E-state index contributed by atoms with van der Waals surface area (Å²) in [6.07, 6.45) is 4.56. The molecule has 0 aliphatic carbocycles. The number of rotatable bonds is 6. The molecule has 0 saturated carbocycles. The molecule has 4 atom stereocenters. The Hall–Kier alpha value is -0.420. The first-order chi connectivity index (χ1) is 8.35. The normalized spacial score (nSPS) is 31.7. The van der Waals surface area contributed by atoms with Gasteiger partial charge in [-0.05, 0) is 26.7 Å². The lowest BCUT2D eigenvalue weighted by Crippen LogP contribution is -2.44. The average molecular weight is 274 g/mol. The largest absolute Gasteiger partial charge is 0.324 e. The van der Waals surface area contributed by atoms with Crippen LogP contribution in [0.25, 0.3) is 0 Å². The number of nitrogens with zero attached hydrogens (tertiary/aromatic N) is 1. The zero-order chi connectivity index (χ0) is 13.9. The maximum atomic E-state index is 12.5. The van der Waals surface area contributed by atoms with Crippen molar-refractivity contribution in [3.8, 4) is 0 Å². The van der Waals surface area contributed by atoms with Crippen molar-refractivity contribution in [2.45, 2.75) is 63.9 Å². The van der Waals surface area contributed by atoms with Crippen LogP contribution in [0.1, 0.15) is 47.0 Å². The molecular weight excluding hydrogens is 248 g/mol. The van der Waals surface area contributed by atoms with E-state index in [-0.39, 0.29) is 17.3 Å². The summed E-state index contributed by atoms with van der Waals surface area (Å²) in [5, 5.41) is 3.46. The molecule has 106 valence electrons. The molecule has 1 aliphatic rings. The van der Waals surface area contributed by atoms with Crippen molar-refractivity contribution in [3.63, 3.8) is 0 Å². The van der Waals surface area contributed by atoms with E-state index in [1.165, 1.54) is 0 Å². The second-order valence-electron chi connectivity index (χ2n) is 5.40. The highest BCUT2D eigenvalue weighted by atomic mass is 32.2. The minimum Gasteiger partial charge on any atom is -0.324 e. The molecule has 1 fully saturated rings. The fraction of sp³-hybridized carbons (Fsp3) is 0.923. The second-order valence-corrected chi connectivity index (χ2v) is 7.20. The van der Waals surface area contributed by atoms with Gasteiger partial charge in [-0.2, -0.15) is 0 Å². The van der Waals surface area contributed by atoms with E-state index >= 15 is 0 Å². The molecule has 1 N–H and O–H groups in total. The smallest absolute Gasteiger partial charge is 0.243 e. The molecule has 0 aromatic heterocycles. The third-order valence-corrected chi connectivity index (χ3v) is 5.17. The van der Waals surface area contributed by atoms with Crippen molar-refractivity contribution in [2.24, 2.45) is 0 Å². The van der Waals surface area contributed by atoms with Gasteiger partial charge in [-0.3, -0.25) is 14.3 Å². The van der Waals surface area contributed by atoms with E-state index < -0.39 is 16.3 Å². The van der Waals surface area contributed by atoms with Crippen LogP contribution in [-0.4, -0.2) is 44.8 Å². The summed E-state index contributed by atoms with van der Waals surface area (Å²) >= 11 is 0. The zero-order valence-electron chi connectivity index (χ0n) is 12.2. The van der Waals surface area contributed by atoms with Crippen LogP contribution in [0.15, 0.2) is 0 Å². The Kier molecular flexibility index (Phi) is 5.34. The molecule has 4 unspecified atom stereocenters. The summed E-state index contributed by atoms with van der Waals surface area (Å²) in [5.74, 6) is 0.153. The SMILES string of the molecule is CCCC1NC(C)(CC)C(=O)N1CC(C)S(C)=O. The van der Waals surface area contributed by atoms with Crippen molar-refractivity contribution < 1.29 is 9.00 Å². The highest BCUT2D eigenvalue weighted by Gasteiger charge is 2.46. The Bertz CT molecular complexity index is 335. The first-order valence-electron chi connectivity index (χ1n) is 6.76. The maximum absolute atomic E-state index is 12.5. The van der Waals surface area contributed by atoms with Crippen molar-refractivity contribution in [3.05, 3.63) is 0 Å². The lowest BCUT2D eigenvalue weighted by atomic mass is 9.99. The van der Waals surface area contributed by atoms with E-state index in [4.69, 9.17) is 0 Å². The molecule has 0 bridgehead atoms. The molecule has 0 radical (unpaired) electrons. The van der Waals surface area contributed by atoms with Gasteiger partial charge in [0.2, 0.25) is 5.91 Å². The molecule has 1 aliphatic heterocycles. The molecule has 0 aromatic carbocycles. The lowest BCUT2D eigenvalue weighted by molar-refractivity contribution is -0.133. The van der Waals surface area contributed by atoms with Gasteiger partial charge in [-0.25, -0.2) is 0 Å². The first-order valence-corrected chi connectivity index (χ1v) is 8.38. The molecule has 1 saturated heterocycles. The second kappa shape index (κ2) is 6.15. The van der Waals surface area contributed by atoms with Crippen molar-refractivity contribution >= 4 is 16.7 Å². The summed E-state index contributed by atoms with van der Waals surface area (Å²) in [4.78, 5) is 14.4. The third kappa shape index (κ3) is 3.12. The highest BCUT2D eigenvalue weighted by Crippen LogP contribution is 2.26. The van der Waals surface area contributed by atoms with Gasteiger partial charge in [0.15, 0.2) is 0 Å². The molecule has 0 spiro atoms. The van der Waals surface area contributed by atoms with Gasteiger partial charge in [0.25, 0.3) is 0 Å². The van der Waals surface area contributed by atoms with Crippen LogP contribution >= 0.6 is 0 Å². The number of carbonyl (C=O) groups excluding carboxylic acids is 1. The average Bonchev–Trinajstić information content (AvgIpc) is 2.55. The van der Waals surface area contributed by atoms with Crippen LogP contribution in [0, 0.1) is 0 Å². The third-order valence-electron chi connectivity index (χ3n) is 3.88. The molecule has 5 heteroatoms. The van der Waals surface area contributed by atoms with Gasteiger partial charge in [0, 0.05) is 28.9 Å². The number of amides is 1. The van der Waals surface area contributed by atoms with Crippen molar-refractivity contribution in [2.75, 3.05) is 12.8 Å². The van der Waals surface area contributed by atoms with Gasteiger partial charge in [-0.1, -0.05) is 20.3 Å². The van der Waals surface area contributed by atoms with Gasteiger partial charge in [0.05, 0.1) is 11.7 Å². The van der Waals surface area contributed by atoms with E-state index in [1.807, 2.05) is 25.7 Å². The van der Waals surface area contributed by atoms with Gasteiger partial charge >= 0.3 is 0 Å². The topological polar surface area (TPSA) is 49.4 Å². The summed E-state index contributed by atoms with van der Waals surface area (Å²) in [6, 6.07) is 0. The maximum Gasteiger partial charge on any atom is 0.243 e. The van der Waals surface area contributed by atoms with E-state index in [9.17, 15) is 9.00 Å². The lowest BCUT2D eigenvalue weighted by Gasteiger charge is -2.26. The van der Waals surface area contributed by atoms with E-state index in [2.05, 4.69) is 12.2 Å². The minimum absolute atomic E-state index is 0.0225. The molecule has 18 heavy (non-hydrogen) atoms. The summed E-state index contributed by atoms with van der Waals surface area (Å²) < 4.78 is 11.5. The Morgan fingerprint density at radius 2 is 2.11 bits per heavy atom. The van der Waals surface area contributed by atoms with Crippen LogP contribution < -0.4 is 5.32 Å². The van der Waals surface area contributed by atoms with Gasteiger partial charge in [-0.15, -0.1) is 0 Å². The highest BCUT2D eigenvalue weighted by molar-refractivity contribution is 7.84. The van der Waals surface area contributed by atoms with E-state index in [0.717, 1.165) is 19.3 Å². The van der Waals surface area contributed by atoms with Crippen LogP contribution in [0.5, 0.6) is 0 Å². The van der Waals surface area contributed by atoms with E-state index in [1.54, 1.807) is 6.26 Å². The summed E-state index contributed by atoms with van der Waals surface area (Å²) in [6.45, 7) is 8.63. The van der Waals surface area contributed by atoms with Crippen LogP contribution in [-0.2, 0) is 15.6 Å². The quantitative estimate of drug-likeness (QED) is 0.798. The number of hydrogen-bond donors (Lipinski definition) is 1. The molecular formula is C13H26N2O2S. The molecule has 0 aromatic rings. The molecule has 1 heterocycles. The Morgan fingerprint density at radius 3 is 2.56 bits per heavy atom. The van der Waals surface area contributed by atoms with Crippen LogP contribution in [0.4, 0.5) is 0 Å². The van der Waals surface area contributed by atoms with Crippen LogP contribution in [0.2, 0.25) is 0 Å². The van der Waals surface area contributed by atoms with Crippen LogP contribution in [0.3, 0.4) is 0 Å². The first kappa shape index (κ1) is 15.6. The molecule has 1 amide bonds.